The van der Waals surface area contributed by atoms with E-state index in [1.165, 1.54) is 10.4 Å². The molecule has 0 atom stereocenters. The Morgan fingerprint density at radius 3 is 3.00 bits per heavy atom. The molecule has 0 spiro atoms. The van der Waals surface area contributed by atoms with Crippen LogP contribution in [-0.4, -0.2) is 10.2 Å². The molecular weight excluding hydrogens is 230 g/mol. The molecule has 5 heteroatoms. The minimum atomic E-state index is 0.816. The molecule has 0 saturated heterocycles. The molecule has 15 heavy (non-hydrogen) atoms. The Morgan fingerprint density at radius 1 is 1.53 bits per heavy atom. The highest BCUT2D eigenvalue weighted by Crippen LogP contribution is 2.18. The number of nitrogens with zero attached hydrogens (tertiary/aromatic N) is 1. The van der Waals surface area contributed by atoms with Crippen LogP contribution in [0.15, 0.2) is 17.6 Å². The summed E-state index contributed by atoms with van der Waals surface area (Å²) >= 11 is 7.50. The van der Waals surface area contributed by atoms with E-state index in [0.29, 0.717) is 0 Å². The van der Waals surface area contributed by atoms with Gasteiger partial charge in [-0.1, -0.05) is 11.6 Å². The summed E-state index contributed by atoms with van der Waals surface area (Å²) in [6, 6.07) is 1.99. The number of aromatic nitrogens is 2. The third-order valence-electron chi connectivity index (χ3n) is 2.17. The third kappa shape index (κ3) is 2.81. The van der Waals surface area contributed by atoms with Crippen molar-refractivity contribution in [2.24, 2.45) is 0 Å². The molecule has 2 N–H and O–H groups in total. The summed E-state index contributed by atoms with van der Waals surface area (Å²) in [6.45, 7) is 3.70. The molecule has 2 aromatic heterocycles. The van der Waals surface area contributed by atoms with Gasteiger partial charge in [0.15, 0.2) is 0 Å². The van der Waals surface area contributed by atoms with Gasteiger partial charge in [0.25, 0.3) is 0 Å². The van der Waals surface area contributed by atoms with Gasteiger partial charge >= 0.3 is 0 Å². The normalized spacial score (nSPS) is 10.8. The average Bonchev–Trinajstić information content (AvgIpc) is 2.77. The van der Waals surface area contributed by atoms with E-state index in [1.807, 2.05) is 24.6 Å². The van der Waals surface area contributed by atoms with E-state index in [1.54, 1.807) is 11.3 Å². The van der Waals surface area contributed by atoms with Gasteiger partial charge in [-0.2, -0.15) is 5.10 Å². The van der Waals surface area contributed by atoms with Crippen LogP contribution in [0.25, 0.3) is 0 Å². The first kappa shape index (κ1) is 10.7. The van der Waals surface area contributed by atoms with Gasteiger partial charge in [-0.05, 0) is 13.0 Å². The van der Waals surface area contributed by atoms with E-state index < -0.39 is 0 Å². The lowest BCUT2D eigenvalue weighted by molar-refractivity contribution is 0.698. The molecule has 0 bridgehead atoms. The number of aryl methyl sites for hydroxylation is 1. The number of thiophene rings is 1. The van der Waals surface area contributed by atoms with Gasteiger partial charge in [0.1, 0.15) is 0 Å². The summed E-state index contributed by atoms with van der Waals surface area (Å²) in [5.74, 6) is 0. The van der Waals surface area contributed by atoms with Gasteiger partial charge in [0.2, 0.25) is 0 Å². The standard InChI is InChI=1S/C10H12ClN3S/c1-7-8(4-13-14-7)3-12-5-10-2-9(11)6-15-10/h2,4,6,12H,3,5H2,1H3,(H,13,14). The molecule has 0 fully saturated rings. The summed E-state index contributed by atoms with van der Waals surface area (Å²) in [5.41, 5.74) is 2.32. The molecule has 0 radical (unpaired) electrons. The monoisotopic (exact) mass is 241 g/mol. The second-order valence-corrected chi connectivity index (χ2v) is 4.79. The molecular formula is C10H12ClN3S. The van der Waals surface area contributed by atoms with Gasteiger partial charge in [0, 0.05) is 34.6 Å². The number of H-pyrrole nitrogens is 1. The SMILES string of the molecule is Cc1[nH]ncc1CNCc1cc(Cl)cs1. The zero-order valence-corrected chi connectivity index (χ0v) is 9.95. The lowest BCUT2D eigenvalue weighted by atomic mass is 10.2. The lowest BCUT2D eigenvalue weighted by Gasteiger charge is -2.01. The average molecular weight is 242 g/mol. The second-order valence-electron chi connectivity index (χ2n) is 3.36. The molecule has 2 rings (SSSR count). The smallest absolute Gasteiger partial charge is 0.0535 e. The second kappa shape index (κ2) is 4.79. The van der Waals surface area contributed by atoms with Crippen molar-refractivity contribution in [2.75, 3.05) is 0 Å². The number of rotatable bonds is 4. The van der Waals surface area contributed by atoms with Gasteiger partial charge in [-0.3, -0.25) is 5.10 Å². The number of hydrogen-bond donors (Lipinski definition) is 2. The molecule has 2 heterocycles. The predicted molar refractivity (Wildman–Crippen MR) is 63.2 cm³/mol. The van der Waals surface area contributed by atoms with Crippen LogP contribution >= 0.6 is 22.9 Å². The fraction of sp³-hybridized carbons (Fsp3) is 0.300. The van der Waals surface area contributed by atoms with Crippen LogP contribution in [-0.2, 0) is 13.1 Å². The zero-order valence-electron chi connectivity index (χ0n) is 8.38. The summed E-state index contributed by atoms with van der Waals surface area (Å²) in [5, 5.41) is 13.0. The molecule has 80 valence electrons. The molecule has 0 aliphatic heterocycles. The number of aromatic amines is 1. The van der Waals surface area contributed by atoms with Gasteiger partial charge in [0.05, 0.1) is 11.2 Å². The Hall–Kier alpha value is -0.840. The molecule has 0 amide bonds. The molecule has 0 unspecified atom stereocenters. The minimum absolute atomic E-state index is 0.816. The largest absolute Gasteiger partial charge is 0.308 e. The summed E-state index contributed by atoms with van der Waals surface area (Å²) in [6.07, 6.45) is 1.85. The lowest BCUT2D eigenvalue weighted by Crippen LogP contribution is -2.11. The fourth-order valence-corrected chi connectivity index (χ4v) is 2.36. The Labute approximate surface area is 97.5 Å². The van der Waals surface area contributed by atoms with Crippen molar-refractivity contribution >= 4 is 22.9 Å². The number of halogens is 1. The fourth-order valence-electron chi connectivity index (χ4n) is 1.32. The molecule has 0 aromatic carbocycles. The van der Waals surface area contributed by atoms with Crippen molar-refractivity contribution in [3.63, 3.8) is 0 Å². The number of hydrogen-bond acceptors (Lipinski definition) is 3. The Kier molecular flexibility index (Phi) is 3.41. The van der Waals surface area contributed by atoms with Crippen molar-refractivity contribution in [3.8, 4) is 0 Å². The first-order valence-corrected chi connectivity index (χ1v) is 5.94. The van der Waals surface area contributed by atoms with Gasteiger partial charge in [-0.15, -0.1) is 11.3 Å². The van der Waals surface area contributed by atoms with Gasteiger partial charge in [-0.25, -0.2) is 0 Å². The minimum Gasteiger partial charge on any atom is -0.308 e. The summed E-state index contributed by atoms with van der Waals surface area (Å²) < 4.78 is 0. The third-order valence-corrected chi connectivity index (χ3v) is 3.46. The van der Waals surface area contributed by atoms with Crippen molar-refractivity contribution in [1.29, 1.82) is 0 Å². The quantitative estimate of drug-likeness (QED) is 0.864. The van der Waals surface area contributed by atoms with Gasteiger partial charge < -0.3 is 5.32 Å². The Morgan fingerprint density at radius 2 is 2.40 bits per heavy atom. The van der Waals surface area contributed by atoms with Crippen LogP contribution in [0.2, 0.25) is 5.02 Å². The van der Waals surface area contributed by atoms with Crippen molar-refractivity contribution in [2.45, 2.75) is 20.0 Å². The van der Waals surface area contributed by atoms with Crippen molar-refractivity contribution in [1.82, 2.24) is 15.5 Å². The molecule has 3 nitrogen and oxygen atoms in total. The van der Waals surface area contributed by atoms with Crippen LogP contribution < -0.4 is 5.32 Å². The van der Waals surface area contributed by atoms with Crippen LogP contribution in [0, 0.1) is 6.92 Å². The maximum absolute atomic E-state index is 5.83. The Bertz CT molecular complexity index is 435. The van der Waals surface area contributed by atoms with E-state index in [0.717, 1.165) is 23.8 Å². The highest BCUT2D eigenvalue weighted by molar-refractivity contribution is 7.10. The van der Waals surface area contributed by atoms with E-state index >= 15 is 0 Å². The number of nitrogens with one attached hydrogen (secondary N) is 2. The van der Waals surface area contributed by atoms with E-state index in [-0.39, 0.29) is 0 Å². The maximum Gasteiger partial charge on any atom is 0.0535 e. The highest BCUT2D eigenvalue weighted by atomic mass is 35.5. The van der Waals surface area contributed by atoms with Crippen LogP contribution in [0.1, 0.15) is 16.1 Å². The molecule has 2 aromatic rings. The molecule has 0 aliphatic carbocycles. The van der Waals surface area contributed by atoms with Crippen molar-refractivity contribution in [3.05, 3.63) is 38.8 Å². The van der Waals surface area contributed by atoms with Crippen LogP contribution in [0.5, 0.6) is 0 Å². The zero-order chi connectivity index (χ0) is 10.7. The topological polar surface area (TPSA) is 40.7 Å². The summed E-state index contributed by atoms with van der Waals surface area (Å²) in [7, 11) is 0. The van der Waals surface area contributed by atoms with E-state index in [2.05, 4.69) is 15.5 Å². The highest BCUT2D eigenvalue weighted by Gasteiger charge is 2.00. The predicted octanol–water partition coefficient (Wildman–Crippen LogP) is 2.72. The van der Waals surface area contributed by atoms with Crippen molar-refractivity contribution < 1.29 is 0 Å². The first-order chi connectivity index (χ1) is 7.25. The molecule has 0 aliphatic rings. The molecule has 0 saturated carbocycles. The summed E-state index contributed by atoms with van der Waals surface area (Å²) in [4.78, 5) is 1.25. The maximum atomic E-state index is 5.83. The van der Waals surface area contributed by atoms with E-state index in [9.17, 15) is 0 Å². The van der Waals surface area contributed by atoms with Crippen LogP contribution in [0.4, 0.5) is 0 Å². The first-order valence-electron chi connectivity index (χ1n) is 4.68. The Balaban J connectivity index is 1.83. The van der Waals surface area contributed by atoms with Crippen LogP contribution in [0.3, 0.4) is 0 Å². The van der Waals surface area contributed by atoms with E-state index in [4.69, 9.17) is 11.6 Å².